The second-order valence-electron chi connectivity index (χ2n) is 6.40. The molecule has 3 rings (SSSR count). The van der Waals surface area contributed by atoms with E-state index in [0.717, 1.165) is 17.0 Å². The lowest BCUT2D eigenvalue weighted by Gasteiger charge is -2.10. The van der Waals surface area contributed by atoms with Crippen molar-refractivity contribution >= 4 is 38.2 Å². The quantitative estimate of drug-likeness (QED) is 0.667. The normalized spacial score (nSPS) is 11.2. The Morgan fingerprint density at radius 2 is 1.71 bits per heavy atom. The Morgan fingerprint density at radius 1 is 1.00 bits per heavy atom. The highest BCUT2D eigenvalue weighted by Gasteiger charge is 2.17. The van der Waals surface area contributed by atoms with Crippen LogP contribution < -0.4 is 5.32 Å². The lowest BCUT2D eigenvalue weighted by Crippen LogP contribution is -2.21. The smallest absolute Gasteiger partial charge is 0.338 e. The Labute approximate surface area is 163 Å². The molecular formula is C21H19NO5S. The number of ether oxygens (including phenoxy) is 1. The number of fused-ring (bicyclic) bond motifs is 1. The van der Waals surface area contributed by atoms with Crippen molar-refractivity contribution in [2.45, 2.75) is 11.8 Å². The Morgan fingerprint density at radius 3 is 2.46 bits per heavy atom. The van der Waals surface area contributed by atoms with E-state index in [1.165, 1.54) is 18.2 Å². The van der Waals surface area contributed by atoms with Crippen LogP contribution in [0.2, 0.25) is 0 Å². The molecule has 144 valence electrons. The zero-order valence-corrected chi connectivity index (χ0v) is 16.2. The number of benzene rings is 3. The SMILES string of the molecule is Cc1ccc(S(C)(=O)=O)cc1C(=O)OCC(=O)Nc1cccc2ccccc12. The predicted octanol–water partition coefficient (Wildman–Crippen LogP) is 3.35. The first-order valence-corrected chi connectivity index (χ1v) is 10.4. The lowest BCUT2D eigenvalue weighted by atomic mass is 10.1. The van der Waals surface area contributed by atoms with E-state index in [1.54, 1.807) is 13.0 Å². The summed E-state index contributed by atoms with van der Waals surface area (Å²) in [6.07, 6.45) is 1.06. The van der Waals surface area contributed by atoms with Crippen molar-refractivity contribution in [3.63, 3.8) is 0 Å². The molecule has 0 bridgehead atoms. The zero-order chi connectivity index (χ0) is 20.3. The number of aryl methyl sites for hydroxylation is 1. The van der Waals surface area contributed by atoms with Crippen LogP contribution in [-0.4, -0.2) is 33.2 Å². The second-order valence-corrected chi connectivity index (χ2v) is 8.42. The average molecular weight is 397 g/mol. The minimum Gasteiger partial charge on any atom is -0.452 e. The van der Waals surface area contributed by atoms with Gasteiger partial charge in [-0.2, -0.15) is 0 Å². The summed E-state index contributed by atoms with van der Waals surface area (Å²) in [7, 11) is -3.46. The maximum absolute atomic E-state index is 12.3. The summed E-state index contributed by atoms with van der Waals surface area (Å²) in [5, 5.41) is 4.58. The van der Waals surface area contributed by atoms with Crippen molar-refractivity contribution in [2.24, 2.45) is 0 Å². The third-order valence-corrected chi connectivity index (χ3v) is 5.37. The molecule has 0 aromatic heterocycles. The van der Waals surface area contributed by atoms with Crippen molar-refractivity contribution in [3.05, 3.63) is 71.8 Å². The monoisotopic (exact) mass is 397 g/mol. The van der Waals surface area contributed by atoms with Gasteiger partial charge < -0.3 is 10.1 Å². The van der Waals surface area contributed by atoms with E-state index < -0.39 is 28.3 Å². The molecule has 3 aromatic carbocycles. The van der Waals surface area contributed by atoms with Gasteiger partial charge in [-0.3, -0.25) is 4.79 Å². The molecule has 6 nitrogen and oxygen atoms in total. The number of esters is 1. The molecule has 0 saturated heterocycles. The molecular weight excluding hydrogens is 378 g/mol. The van der Waals surface area contributed by atoms with Crippen LogP contribution in [0.15, 0.2) is 65.6 Å². The first kappa shape index (κ1) is 19.6. The Kier molecular flexibility index (Phi) is 5.46. The van der Waals surface area contributed by atoms with Crippen molar-refractivity contribution in [1.29, 1.82) is 0 Å². The molecule has 1 amide bonds. The maximum atomic E-state index is 12.3. The molecule has 1 N–H and O–H groups in total. The van der Waals surface area contributed by atoms with Crippen LogP contribution >= 0.6 is 0 Å². The third-order valence-electron chi connectivity index (χ3n) is 4.26. The van der Waals surface area contributed by atoms with Crippen LogP contribution in [0.1, 0.15) is 15.9 Å². The predicted molar refractivity (Wildman–Crippen MR) is 107 cm³/mol. The van der Waals surface area contributed by atoms with Gasteiger partial charge in [-0.15, -0.1) is 0 Å². The highest BCUT2D eigenvalue weighted by atomic mass is 32.2. The molecule has 0 aliphatic rings. The summed E-state index contributed by atoms with van der Waals surface area (Å²) < 4.78 is 28.4. The van der Waals surface area contributed by atoms with E-state index in [-0.39, 0.29) is 10.5 Å². The van der Waals surface area contributed by atoms with E-state index in [9.17, 15) is 18.0 Å². The van der Waals surface area contributed by atoms with Gasteiger partial charge in [-0.05, 0) is 36.1 Å². The van der Waals surface area contributed by atoms with Gasteiger partial charge in [0.05, 0.1) is 10.5 Å². The van der Waals surface area contributed by atoms with Gasteiger partial charge in [0.25, 0.3) is 5.91 Å². The highest BCUT2D eigenvalue weighted by molar-refractivity contribution is 7.90. The fraction of sp³-hybridized carbons (Fsp3) is 0.143. The molecule has 0 fully saturated rings. The molecule has 0 radical (unpaired) electrons. The van der Waals surface area contributed by atoms with Crippen LogP contribution in [0, 0.1) is 6.92 Å². The number of anilines is 1. The molecule has 0 aliphatic carbocycles. The molecule has 3 aromatic rings. The third kappa shape index (κ3) is 4.37. The largest absolute Gasteiger partial charge is 0.452 e. The Bertz CT molecular complexity index is 1160. The number of carbonyl (C=O) groups is 2. The second kappa shape index (κ2) is 7.82. The number of nitrogens with one attached hydrogen (secondary N) is 1. The van der Waals surface area contributed by atoms with Gasteiger partial charge in [0.2, 0.25) is 0 Å². The summed E-state index contributed by atoms with van der Waals surface area (Å²) in [5.74, 6) is -1.24. The number of rotatable bonds is 5. The zero-order valence-electron chi connectivity index (χ0n) is 15.4. The van der Waals surface area contributed by atoms with Crippen LogP contribution in [0.3, 0.4) is 0 Å². The maximum Gasteiger partial charge on any atom is 0.338 e. The van der Waals surface area contributed by atoms with Gasteiger partial charge in [-0.1, -0.05) is 42.5 Å². The summed E-state index contributed by atoms with van der Waals surface area (Å²) in [6, 6.07) is 17.3. The van der Waals surface area contributed by atoms with E-state index >= 15 is 0 Å². The van der Waals surface area contributed by atoms with Crippen molar-refractivity contribution < 1.29 is 22.7 Å². The minimum atomic E-state index is -3.46. The van der Waals surface area contributed by atoms with Crippen LogP contribution in [0.5, 0.6) is 0 Å². The average Bonchev–Trinajstić information content (AvgIpc) is 2.66. The van der Waals surface area contributed by atoms with Gasteiger partial charge in [-0.25, -0.2) is 13.2 Å². The molecule has 0 atom stereocenters. The van der Waals surface area contributed by atoms with Gasteiger partial charge in [0.15, 0.2) is 16.4 Å². The first-order chi connectivity index (χ1) is 13.3. The van der Waals surface area contributed by atoms with Gasteiger partial charge in [0.1, 0.15) is 0 Å². The number of carbonyl (C=O) groups excluding carboxylic acids is 2. The standard InChI is InChI=1S/C21H19NO5S/c1-14-10-11-16(28(2,25)26)12-18(14)21(24)27-13-20(23)22-19-9-5-7-15-6-3-4-8-17(15)19/h3-12H,13H2,1-2H3,(H,22,23). The topological polar surface area (TPSA) is 89.5 Å². The van der Waals surface area contributed by atoms with Crippen molar-refractivity contribution in [1.82, 2.24) is 0 Å². The summed E-state index contributed by atoms with van der Waals surface area (Å²) in [5.41, 5.74) is 1.29. The first-order valence-electron chi connectivity index (χ1n) is 8.51. The van der Waals surface area contributed by atoms with Gasteiger partial charge in [0, 0.05) is 17.3 Å². The molecule has 0 spiro atoms. The summed E-state index contributed by atoms with van der Waals surface area (Å²) in [4.78, 5) is 24.6. The molecule has 7 heteroatoms. The molecule has 0 aliphatic heterocycles. The summed E-state index contributed by atoms with van der Waals surface area (Å²) >= 11 is 0. The number of sulfone groups is 1. The minimum absolute atomic E-state index is 0.0188. The van der Waals surface area contributed by atoms with Crippen LogP contribution in [-0.2, 0) is 19.4 Å². The number of hydrogen-bond acceptors (Lipinski definition) is 5. The molecule has 28 heavy (non-hydrogen) atoms. The fourth-order valence-electron chi connectivity index (χ4n) is 2.78. The Balaban J connectivity index is 1.70. The van der Waals surface area contributed by atoms with E-state index in [1.807, 2.05) is 36.4 Å². The number of hydrogen-bond donors (Lipinski definition) is 1. The van der Waals surface area contributed by atoms with E-state index in [4.69, 9.17) is 4.74 Å². The van der Waals surface area contributed by atoms with Crippen molar-refractivity contribution in [3.8, 4) is 0 Å². The van der Waals surface area contributed by atoms with Gasteiger partial charge >= 0.3 is 5.97 Å². The highest BCUT2D eigenvalue weighted by Crippen LogP contribution is 2.23. The van der Waals surface area contributed by atoms with E-state index in [0.29, 0.717) is 11.3 Å². The molecule has 0 heterocycles. The van der Waals surface area contributed by atoms with Crippen LogP contribution in [0.25, 0.3) is 10.8 Å². The summed E-state index contributed by atoms with van der Waals surface area (Å²) in [6.45, 7) is 1.18. The fourth-order valence-corrected chi connectivity index (χ4v) is 3.43. The molecule has 0 unspecified atom stereocenters. The van der Waals surface area contributed by atoms with Crippen molar-refractivity contribution in [2.75, 3.05) is 18.2 Å². The van der Waals surface area contributed by atoms with E-state index in [2.05, 4.69) is 5.32 Å². The Hall–Kier alpha value is -3.19. The number of amides is 1. The lowest BCUT2D eigenvalue weighted by molar-refractivity contribution is -0.119. The molecule has 0 saturated carbocycles. The van der Waals surface area contributed by atoms with Crippen LogP contribution in [0.4, 0.5) is 5.69 Å².